The van der Waals surface area contributed by atoms with Crippen LogP contribution in [0.25, 0.3) is 0 Å². The van der Waals surface area contributed by atoms with E-state index < -0.39 is 0 Å². The molecule has 0 spiro atoms. The van der Waals surface area contributed by atoms with E-state index in [9.17, 15) is 5.11 Å². The van der Waals surface area contributed by atoms with Crippen molar-refractivity contribution in [1.29, 1.82) is 0 Å². The van der Waals surface area contributed by atoms with Gasteiger partial charge in [-0.25, -0.2) is 0 Å². The fourth-order valence-corrected chi connectivity index (χ4v) is 2.54. The van der Waals surface area contributed by atoms with Crippen molar-refractivity contribution in [3.05, 3.63) is 0 Å². The second-order valence-corrected chi connectivity index (χ2v) is 5.65. The SMILES string of the molecule is CCCCCCCCCC(O)C1CN(C)CCO1. The van der Waals surface area contributed by atoms with Gasteiger partial charge in [0.25, 0.3) is 0 Å². The monoisotopic (exact) mass is 257 g/mol. The summed E-state index contributed by atoms with van der Waals surface area (Å²) in [6, 6.07) is 0. The summed E-state index contributed by atoms with van der Waals surface area (Å²) < 4.78 is 5.63. The summed E-state index contributed by atoms with van der Waals surface area (Å²) >= 11 is 0. The molecule has 1 fully saturated rings. The van der Waals surface area contributed by atoms with E-state index >= 15 is 0 Å². The van der Waals surface area contributed by atoms with E-state index in [1.165, 1.54) is 38.5 Å². The second-order valence-electron chi connectivity index (χ2n) is 5.65. The number of aliphatic hydroxyl groups is 1. The summed E-state index contributed by atoms with van der Waals surface area (Å²) in [6.07, 6.45) is 9.76. The third-order valence-corrected chi connectivity index (χ3v) is 3.83. The number of hydrogen-bond donors (Lipinski definition) is 1. The molecule has 0 aliphatic carbocycles. The van der Waals surface area contributed by atoms with Gasteiger partial charge in [-0.2, -0.15) is 0 Å². The zero-order valence-electron chi connectivity index (χ0n) is 12.2. The molecule has 2 atom stereocenters. The smallest absolute Gasteiger partial charge is 0.0960 e. The van der Waals surface area contributed by atoms with E-state index in [-0.39, 0.29) is 12.2 Å². The zero-order chi connectivity index (χ0) is 13.2. The van der Waals surface area contributed by atoms with Crippen molar-refractivity contribution in [2.24, 2.45) is 0 Å². The average molecular weight is 257 g/mol. The van der Waals surface area contributed by atoms with Gasteiger partial charge in [0.2, 0.25) is 0 Å². The fraction of sp³-hybridized carbons (Fsp3) is 1.00. The van der Waals surface area contributed by atoms with E-state index in [1.54, 1.807) is 0 Å². The number of rotatable bonds is 9. The van der Waals surface area contributed by atoms with E-state index in [2.05, 4.69) is 18.9 Å². The summed E-state index contributed by atoms with van der Waals surface area (Å²) in [5.74, 6) is 0. The van der Waals surface area contributed by atoms with Crippen molar-refractivity contribution in [2.75, 3.05) is 26.7 Å². The highest BCUT2D eigenvalue weighted by Gasteiger charge is 2.24. The van der Waals surface area contributed by atoms with Crippen molar-refractivity contribution in [3.8, 4) is 0 Å². The van der Waals surface area contributed by atoms with Gasteiger partial charge in [-0.05, 0) is 13.5 Å². The van der Waals surface area contributed by atoms with Crippen LogP contribution in [0, 0.1) is 0 Å². The first-order chi connectivity index (χ1) is 8.74. The van der Waals surface area contributed by atoms with Crippen LogP contribution in [0.3, 0.4) is 0 Å². The molecule has 2 unspecified atom stereocenters. The minimum Gasteiger partial charge on any atom is -0.390 e. The van der Waals surface area contributed by atoms with Crippen molar-refractivity contribution in [1.82, 2.24) is 4.90 Å². The molecular weight excluding hydrogens is 226 g/mol. The van der Waals surface area contributed by atoms with Crippen LogP contribution in [0.4, 0.5) is 0 Å². The summed E-state index contributed by atoms with van der Waals surface area (Å²) in [5.41, 5.74) is 0. The Balaban J connectivity index is 1.97. The highest BCUT2D eigenvalue weighted by Crippen LogP contribution is 2.14. The lowest BCUT2D eigenvalue weighted by Gasteiger charge is -2.32. The summed E-state index contributed by atoms with van der Waals surface area (Å²) in [7, 11) is 2.09. The van der Waals surface area contributed by atoms with Gasteiger partial charge in [0.15, 0.2) is 0 Å². The molecule has 3 heteroatoms. The molecule has 1 heterocycles. The first-order valence-corrected chi connectivity index (χ1v) is 7.72. The Bertz CT molecular complexity index is 199. The maximum absolute atomic E-state index is 10.1. The molecule has 0 amide bonds. The van der Waals surface area contributed by atoms with Crippen LogP contribution in [0.5, 0.6) is 0 Å². The maximum atomic E-state index is 10.1. The number of morpholine rings is 1. The highest BCUT2D eigenvalue weighted by molar-refractivity contribution is 4.76. The predicted molar refractivity (Wildman–Crippen MR) is 75.9 cm³/mol. The Morgan fingerprint density at radius 1 is 1.17 bits per heavy atom. The number of nitrogens with zero attached hydrogens (tertiary/aromatic N) is 1. The normalized spacial score (nSPS) is 23.2. The second kappa shape index (κ2) is 9.76. The summed E-state index contributed by atoms with van der Waals surface area (Å²) in [6.45, 7) is 4.87. The molecule has 1 N–H and O–H groups in total. The lowest BCUT2D eigenvalue weighted by Crippen LogP contribution is -2.45. The van der Waals surface area contributed by atoms with Crippen molar-refractivity contribution in [3.63, 3.8) is 0 Å². The van der Waals surface area contributed by atoms with Gasteiger partial charge >= 0.3 is 0 Å². The van der Waals surface area contributed by atoms with Crippen LogP contribution < -0.4 is 0 Å². The topological polar surface area (TPSA) is 32.7 Å². The predicted octanol–water partition coefficient (Wildman–Crippen LogP) is 2.82. The minimum atomic E-state index is -0.275. The molecule has 0 aromatic heterocycles. The number of aliphatic hydroxyl groups excluding tert-OH is 1. The van der Waals surface area contributed by atoms with Gasteiger partial charge < -0.3 is 14.7 Å². The van der Waals surface area contributed by atoms with Crippen LogP contribution >= 0.6 is 0 Å². The Labute approximate surface area is 113 Å². The number of hydrogen-bond acceptors (Lipinski definition) is 3. The number of unbranched alkanes of at least 4 members (excludes halogenated alkanes) is 6. The van der Waals surface area contributed by atoms with Gasteiger partial charge in [-0.3, -0.25) is 0 Å². The lowest BCUT2D eigenvalue weighted by molar-refractivity contribution is -0.0854. The molecule has 1 aliphatic rings. The van der Waals surface area contributed by atoms with Crippen molar-refractivity contribution >= 4 is 0 Å². The van der Waals surface area contributed by atoms with Gasteiger partial charge in [0, 0.05) is 13.1 Å². The van der Waals surface area contributed by atoms with E-state index in [4.69, 9.17) is 4.74 Å². The molecule has 0 aromatic rings. The highest BCUT2D eigenvalue weighted by atomic mass is 16.5. The third kappa shape index (κ3) is 6.72. The molecule has 1 rings (SSSR count). The zero-order valence-corrected chi connectivity index (χ0v) is 12.2. The molecule has 0 aromatic carbocycles. The lowest BCUT2D eigenvalue weighted by atomic mass is 10.0. The molecule has 3 nitrogen and oxygen atoms in total. The Morgan fingerprint density at radius 2 is 1.83 bits per heavy atom. The average Bonchev–Trinajstić information content (AvgIpc) is 2.37. The first-order valence-electron chi connectivity index (χ1n) is 7.72. The first kappa shape index (κ1) is 15.9. The molecule has 1 aliphatic heterocycles. The summed E-state index contributed by atoms with van der Waals surface area (Å²) in [4.78, 5) is 2.24. The van der Waals surface area contributed by atoms with Gasteiger partial charge in [0.05, 0.1) is 18.8 Å². The standard InChI is InChI=1S/C15H31NO2/c1-3-4-5-6-7-8-9-10-14(17)15-13-16(2)11-12-18-15/h14-15,17H,3-13H2,1-2H3. The Morgan fingerprint density at radius 3 is 2.50 bits per heavy atom. The Hall–Kier alpha value is -0.120. The van der Waals surface area contributed by atoms with Crippen LogP contribution in [0.15, 0.2) is 0 Å². The van der Waals surface area contributed by atoms with Gasteiger partial charge in [-0.15, -0.1) is 0 Å². The molecule has 108 valence electrons. The molecule has 1 saturated heterocycles. The van der Waals surface area contributed by atoms with Gasteiger partial charge in [-0.1, -0.05) is 51.9 Å². The van der Waals surface area contributed by atoms with E-state index in [1.807, 2.05) is 0 Å². The fourth-order valence-electron chi connectivity index (χ4n) is 2.54. The number of ether oxygens (including phenoxy) is 1. The minimum absolute atomic E-state index is 0.0313. The molecule has 0 radical (unpaired) electrons. The van der Waals surface area contributed by atoms with Crippen LogP contribution in [-0.2, 0) is 4.74 Å². The number of likely N-dealkylation sites (N-methyl/N-ethyl adjacent to an activating group) is 1. The van der Waals surface area contributed by atoms with Crippen LogP contribution in [-0.4, -0.2) is 49.0 Å². The third-order valence-electron chi connectivity index (χ3n) is 3.83. The van der Waals surface area contributed by atoms with Crippen molar-refractivity contribution in [2.45, 2.75) is 70.5 Å². The Kier molecular flexibility index (Phi) is 8.64. The largest absolute Gasteiger partial charge is 0.390 e. The molecule has 0 bridgehead atoms. The van der Waals surface area contributed by atoms with E-state index in [0.717, 1.165) is 32.5 Å². The maximum Gasteiger partial charge on any atom is 0.0960 e. The quantitative estimate of drug-likeness (QED) is 0.645. The van der Waals surface area contributed by atoms with Crippen molar-refractivity contribution < 1.29 is 9.84 Å². The van der Waals surface area contributed by atoms with Crippen LogP contribution in [0.2, 0.25) is 0 Å². The van der Waals surface area contributed by atoms with Gasteiger partial charge in [0.1, 0.15) is 0 Å². The molecule has 0 saturated carbocycles. The van der Waals surface area contributed by atoms with Crippen LogP contribution in [0.1, 0.15) is 58.3 Å². The van der Waals surface area contributed by atoms with E-state index in [0.29, 0.717) is 0 Å². The summed E-state index contributed by atoms with van der Waals surface area (Å²) in [5, 5.41) is 10.1. The molecular formula is C15H31NO2. The molecule has 18 heavy (non-hydrogen) atoms.